The van der Waals surface area contributed by atoms with Crippen molar-refractivity contribution in [3.63, 3.8) is 0 Å². The summed E-state index contributed by atoms with van der Waals surface area (Å²) >= 11 is 0. The number of nitro groups is 1. The molecule has 80 valence electrons. The molecule has 0 aromatic carbocycles. The predicted octanol–water partition coefficient (Wildman–Crippen LogP) is -0.370. The van der Waals surface area contributed by atoms with Crippen LogP contribution in [0.3, 0.4) is 0 Å². The number of carbonyl (C=O) groups excluding carboxylic acids is 1. The van der Waals surface area contributed by atoms with Crippen LogP contribution < -0.4 is 5.43 Å². The minimum atomic E-state index is -0.691. The molecule has 1 amide bonds. The maximum Gasteiger partial charge on any atom is 0.433 e. The quantitative estimate of drug-likeness (QED) is 0.402. The van der Waals surface area contributed by atoms with Crippen LogP contribution in [-0.2, 0) is 4.79 Å². The molecule has 0 aliphatic carbocycles. The van der Waals surface area contributed by atoms with Crippen molar-refractivity contribution in [3.05, 3.63) is 28.0 Å². The highest BCUT2D eigenvalue weighted by atomic mass is 16.6. The molecular weight excluding hydrogens is 206 g/mol. The molecule has 0 saturated heterocycles. The lowest BCUT2D eigenvalue weighted by Gasteiger charge is -1.91. The zero-order valence-corrected chi connectivity index (χ0v) is 7.41. The van der Waals surface area contributed by atoms with Gasteiger partial charge in [0.1, 0.15) is 11.5 Å². The topological polar surface area (TPSA) is 118 Å². The maximum atomic E-state index is 10.5. The van der Waals surface area contributed by atoms with Crippen LogP contribution in [0.15, 0.2) is 21.7 Å². The predicted molar refractivity (Wildman–Crippen MR) is 48.2 cm³/mol. The molecule has 0 saturated carbocycles. The summed E-state index contributed by atoms with van der Waals surface area (Å²) in [6.45, 7) is -0.685. The lowest BCUT2D eigenvalue weighted by Crippen LogP contribution is -2.20. The highest BCUT2D eigenvalue weighted by Crippen LogP contribution is 2.13. The Labute approximate surface area is 83.3 Å². The number of nitrogens with one attached hydrogen (secondary N) is 1. The van der Waals surface area contributed by atoms with Gasteiger partial charge >= 0.3 is 5.88 Å². The molecule has 8 nitrogen and oxygen atoms in total. The fraction of sp³-hybridized carbons (Fsp3) is 0.143. The molecule has 0 unspecified atom stereocenters. The van der Waals surface area contributed by atoms with E-state index < -0.39 is 23.3 Å². The van der Waals surface area contributed by atoms with Crippen molar-refractivity contribution in [3.8, 4) is 0 Å². The Kier molecular flexibility index (Phi) is 3.52. The number of aliphatic hydroxyl groups is 1. The number of amides is 1. The largest absolute Gasteiger partial charge is 0.433 e. The van der Waals surface area contributed by atoms with E-state index in [1.807, 2.05) is 5.43 Å². The average molecular weight is 213 g/mol. The lowest BCUT2D eigenvalue weighted by molar-refractivity contribution is -0.402. The van der Waals surface area contributed by atoms with Gasteiger partial charge in [-0.15, -0.1) is 0 Å². The van der Waals surface area contributed by atoms with Gasteiger partial charge in [0.2, 0.25) is 0 Å². The normalized spacial score (nSPS) is 10.5. The Morgan fingerprint density at radius 2 is 2.47 bits per heavy atom. The van der Waals surface area contributed by atoms with Crippen LogP contribution in [-0.4, -0.2) is 28.8 Å². The average Bonchev–Trinajstić information content (AvgIpc) is 2.66. The summed E-state index contributed by atoms with van der Waals surface area (Å²) < 4.78 is 4.70. The SMILES string of the molecule is O=C(CO)NN=Cc1ccc([N+](=O)[O-])o1. The summed E-state index contributed by atoms with van der Waals surface area (Å²) in [5, 5.41) is 21.9. The van der Waals surface area contributed by atoms with Gasteiger partial charge in [0.05, 0.1) is 12.3 Å². The van der Waals surface area contributed by atoms with Crippen LogP contribution in [0.25, 0.3) is 0 Å². The molecule has 1 rings (SSSR count). The van der Waals surface area contributed by atoms with Crippen molar-refractivity contribution < 1.29 is 19.2 Å². The van der Waals surface area contributed by atoms with E-state index in [1.54, 1.807) is 0 Å². The molecule has 0 bridgehead atoms. The van der Waals surface area contributed by atoms with E-state index in [0.29, 0.717) is 0 Å². The van der Waals surface area contributed by atoms with Gasteiger partial charge in [-0.1, -0.05) is 0 Å². The van der Waals surface area contributed by atoms with Crippen LogP contribution in [0.5, 0.6) is 0 Å². The van der Waals surface area contributed by atoms with Crippen LogP contribution in [0.1, 0.15) is 5.76 Å². The molecular formula is C7H7N3O5. The standard InChI is InChI=1S/C7H7N3O5/c11-4-6(12)9-8-3-5-1-2-7(15-5)10(13)14/h1-3,11H,4H2,(H,9,12). The summed E-state index contributed by atoms with van der Waals surface area (Å²) in [5.74, 6) is -0.975. The molecule has 0 atom stereocenters. The van der Waals surface area contributed by atoms with Crippen LogP contribution >= 0.6 is 0 Å². The van der Waals surface area contributed by atoms with Gasteiger partial charge < -0.3 is 9.52 Å². The molecule has 0 spiro atoms. The zero-order chi connectivity index (χ0) is 11.3. The Bertz CT molecular complexity index is 397. The van der Waals surface area contributed by atoms with Crippen molar-refractivity contribution in [2.75, 3.05) is 6.61 Å². The summed E-state index contributed by atoms with van der Waals surface area (Å²) in [7, 11) is 0. The molecule has 0 aliphatic heterocycles. The fourth-order valence-corrected chi connectivity index (χ4v) is 0.713. The van der Waals surface area contributed by atoms with Crippen LogP contribution in [0.4, 0.5) is 5.88 Å². The van der Waals surface area contributed by atoms with Gasteiger partial charge in [0.15, 0.2) is 5.76 Å². The molecule has 15 heavy (non-hydrogen) atoms. The first kappa shape index (κ1) is 10.9. The maximum absolute atomic E-state index is 10.5. The summed E-state index contributed by atoms with van der Waals surface area (Å²) in [4.78, 5) is 20.0. The molecule has 1 aromatic rings. The third-order valence-electron chi connectivity index (χ3n) is 1.32. The van der Waals surface area contributed by atoms with Gasteiger partial charge in [-0.2, -0.15) is 5.10 Å². The third-order valence-corrected chi connectivity index (χ3v) is 1.32. The molecule has 0 radical (unpaired) electrons. The molecule has 1 heterocycles. The van der Waals surface area contributed by atoms with Crippen LogP contribution in [0, 0.1) is 10.1 Å². The molecule has 8 heteroatoms. The van der Waals surface area contributed by atoms with E-state index in [0.717, 1.165) is 12.3 Å². The third kappa shape index (κ3) is 3.19. The number of hydrogen-bond acceptors (Lipinski definition) is 6. The van der Waals surface area contributed by atoms with E-state index in [4.69, 9.17) is 9.52 Å². The summed E-state index contributed by atoms with van der Waals surface area (Å²) in [5.41, 5.74) is 1.97. The van der Waals surface area contributed by atoms with Gasteiger partial charge in [-0.05, 0) is 6.07 Å². The Hall–Kier alpha value is -2.22. The second-order valence-corrected chi connectivity index (χ2v) is 2.38. The minimum Gasteiger partial charge on any atom is -0.400 e. The number of carbonyl (C=O) groups is 1. The second-order valence-electron chi connectivity index (χ2n) is 2.38. The van der Waals surface area contributed by atoms with E-state index in [1.165, 1.54) is 6.07 Å². The van der Waals surface area contributed by atoms with Crippen molar-refractivity contribution in [1.82, 2.24) is 5.43 Å². The number of hydrazone groups is 1. The van der Waals surface area contributed by atoms with E-state index >= 15 is 0 Å². The number of hydrogen-bond donors (Lipinski definition) is 2. The lowest BCUT2D eigenvalue weighted by atomic mass is 10.5. The first-order valence-corrected chi connectivity index (χ1v) is 3.80. The highest BCUT2D eigenvalue weighted by molar-refractivity contribution is 5.80. The smallest absolute Gasteiger partial charge is 0.400 e. The summed E-state index contributed by atoms with van der Waals surface area (Å²) in [6, 6.07) is 2.49. The molecule has 0 aliphatic rings. The van der Waals surface area contributed by atoms with Gasteiger partial charge in [0.25, 0.3) is 5.91 Å². The Balaban J connectivity index is 2.57. The van der Waals surface area contributed by atoms with Gasteiger partial charge in [-0.25, -0.2) is 5.43 Å². The fourth-order valence-electron chi connectivity index (χ4n) is 0.713. The van der Waals surface area contributed by atoms with Crippen molar-refractivity contribution in [2.45, 2.75) is 0 Å². The second kappa shape index (κ2) is 4.86. The summed E-state index contributed by atoms with van der Waals surface area (Å²) in [6.07, 6.45) is 1.08. The van der Waals surface area contributed by atoms with Crippen molar-refractivity contribution in [2.24, 2.45) is 5.10 Å². The van der Waals surface area contributed by atoms with Gasteiger partial charge in [-0.3, -0.25) is 14.9 Å². The van der Waals surface area contributed by atoms with Crippen molar-refractivity contribution >= 4 is 18.0 Å². The van der Waals surface area contributed by atoms with E-state index in [9.17, 15) is 14.9 Å². The zero-order valence-electron chi connectivity index (χ0n) is 7.41. The molecule has 1 aromatic heterocycles. The Morgan fingerprint density at radius 3 is 3.00 bits per heavy atom. The molecule has 2 N–H and O–H groups in total. The monoisotopic (exact) mass is 213 g/mol. The first-order valence-electron chi connectivity index (χ1n) is 3.80. The number of aliphatic hydroxyl groups excluding tert-OH is 1. The first-order chi connectivity index (χ1) is 7.13. The molecule has 0 fully saturated rings. The van der Waals surface area contributed by atoms with E-state index in [2.05, 4.69) is 5.10 Å². The van der Waals surface area contributed by atoms with Crippen LogP contribution in [0.2, 0.25) is 0 Å². The van der Waals surface area contributed by atoms with Gasteiger partial charge in [0, 0.05) is 0 Å². The number of nitrogens with zero attached hydrogens (tertiary/aromatic N) is 2. The van der Waals surface area contributed by atoms with E-state index in [-0.39, 0.29) is 5.76 Å². The number of rotatable bonds is 4. The Morgan fingerprint density at radius 1 is 1.73 bits per heavy atom. The van der Waals surface area contributed by atoms with Crippen molar-refractivity contribution in [1.29, 1.82) is 0 Å². The minimum absolute atomic E-state index is 0.125. The highest BCUT2D eigenvalue weighted by Gasteiger charge is 2.10. The number of furan rings is 1.